The largest absolute Gasteiger partial charge is 0.493 e. The molecule has 0 saturated carbocycles. The van der Waals surface area contributed by atoms with Crippen LogP contribution in [0.4, 0.5) is 5.69 Å². The minimum absolute atomic E-state index is 0.119. The molecule has 4 rings (SSSR count). The number of hydrogen-bond donors (Lipinski definition) is 1. The summed E-state index contributed by atoms with van der Waals surface area (Å²) in [5.74, 6) is 0.947. The third-order valence-electron chi connectivity index (χ3n) is 5.30. The molecule has 0 unspecified atom stereocenters. The van der Waals surface area contributed by atoms with E-state index in [1.54, 1.807) is 29.0 Å². The number of ether oxygens (including phenoxy) is 3. The highest BCUT2D eigenvalue weighted by atomic mass is 16.5. The quantitative estimate of drug-likeness (QED) is 0.666. The molecule has 158 valence electrons. The summed E-state index contributed by atoms with van der Waals surface area (Å²) in [5, 5.41) is 7.31. The van der Waals surface area contributed by atoms with E-state index < -0.39 is 0 Å². The van der Waals surface area contributed by atoms with Gasteiger partial charge in [0.25, 0.3) is 5.56 Å². The van der Waals surface area contributed by atoms with E-state index in [9.17, 15) is 9.59 Å². The van der Waals surface area contributed by atoms with Gasteiger partial charge in [0.05, 0.1) is 27.0 Å². The van der Waals surface area contributed by atoms with E-state index in [1.165, 1.54) is 25.9 Å². The predicted molar refractivity (Wildman–Crippen MR) is 111 cm³/mol. The van der Waals surface area contributed by atoms with E-state index in [4.69, 9.17) is 14.2 Å². The average molecular weight is 412 g/mol. The molecule has 0 radical (unpaired) electrons. The Morgan fingerprint density at radius 2 is 1.77 bits per heavy atom. The zero-order valence-electron chi connectivity index (χ0n) is 17.2. The minimum Gasteiger partial charge on any atom is -0.493 e. The van der Waals surface area contributed by atoms with Gasteiger partial charge in [-0.25, -0.2) is 4.52 Å². The number of anilines is 1. The highest BCUT2D eigenvalue weighted by Gasteiger charge is 2.20. The lowest BCUT2D eigenvalue weighted by Gasteiger charge is -2.15. The second-order valence-electron chi connectivity index (χ2n) is 7.12. The van der Waals surface area contributed by atoms with Crippen LogP contribution in [0, 0.1) is 0 Å². The van der Waals surface area contributed by atoms with Crippen LogP contribution in [-0.4, -0.2) is 41.4 Å². The van der Waals surface area contributed by atoms with Crippen LogP contribution in [0.5, 0.6) is 17.2 Å². The molecule has 2 aromatic heterocycles. The highest BCUT2D eigenvalue weighted by Crippen LogP contribution is 2.39. The van der Waals surface area contributed by atoms with E-state index in [1.807, 2.05) is 0 Å². The molecular weight excluding hydrogens is 388 g/mol. The summed E-state index contributed by atoms with van der Waals surface area (Å²) in [5.41, 5.74) is 2.81. The van der Waals surface area contributed by atoms with Gasteiger partial charge in [-0.1, -0.05) is 0 Å². The molecule has 1 aliphatic rings. The molecule has 2 heterocycles. The minimum atomic E-state index is -0.343. The first-order valence-corrected chi connectivity index (χ1v) is 9.75. The molecule has 3 aromatic rings. The monoisotopic (exact) mass is 412 g/mol. The number of rotatable bonds is 6. The Bertz CT molecular complexity index is 1140. The van der Waals surface area contributed by atoms with Gasteiger partial charge in [-0.3, -0.25) is 9.59 Å². The number of aromatic nitrogens is 3. The van der Waals surface area contributed by atoms with Gasteiger partial charge < -0.3 is 24.1 Å². The first-order valence-electron chi connectivity index (χ1n) is 9.75. The van der Waals surface area contributed by atoms with Crippen LogP contribution >= 0.6 is 0 Å². The van der Waals surface area contributed by atoms with Crippen LogP contribution in [0.15, 0.2) is 29.3 Å². The van der Waals surface area contributed by atoms with E-state index in [0.717, 1.165) is 36.9 Å². The van der Waals surface area contributed by atoms with Crippen molar-refractivity contribution in [3.05, 3.63) is 46.1 Å². The molecule has 0 atom stereocenters. The van der Waals surface area contributed by atoms with Crippen molar-refractivity contribution in [2.45, 2.75) is 32.2 Å². The maximum Gasteiger partial charge on any atom is 0.277 e. The van der Waals surface area contributed by atoms with Crippen molar-refractivity contribution in [2.24, 2.45) is 0 Å². The fourth-order valence-corrected chi connectivity index (χ4v) is 3.89. The molecule has 0 fully saturated rings. The van der Waals surface area contributed by atoms with Crippen LogP contribution in [0.1, 0.15) is 24.1 Å². The van der Waals surface area contributed by atoms with E-state index in [2.05, 4.69) is 10.4 Å². The van der Waals surface area contributed by atoms with Crippen LogP contribution in [0.2, 0.25) is 0 Å². The molecule has 1 aliphatic carbocycles. The molecule has 1 N–H and O–H groups in total. The summed E-state index contributed by atoms with van der Waals surface area (Å²) in [6.07, 6.45) is 7.17. The Labute approximate surface area is 173 Å². The molecule has 1 amide bonds. The van der Waals surface area contributed by atoms with Crippen LogP contribution < -0.4 is 25.1 Å². The second-order valence-corrected chi connectivity index (χ2v) is 7.12. The Balaban J connectivity index is 1.60. The Kier molecular flexibility index (Phi) is 5.35. The number of benzene rings is 1. The van der Waals surface area contributed by atoms with E-state index >= 15 is 0 Å². The summed E-state index contributed by atoms with van der Waals surface area (Å²) in [4.78, 5) is 25.6. The van der Waals surface area contributed by atoms with Gasteiger partial charge in [-0.2, -0.15) is 5.10 Å². The Hall–Kier alpha value is -3.49. The summed E-state index contributed by atoms with van der Waals surface area (Å²) < 4.78 is 18.9. The second kappa shape index (κ2) is 8.10. The summed E-state index contributed by atoms with van der Waals surface area (Å²) in [7, 11) is 4.52. The smallest absolute Gasteiger partial charge is 0.277 e. The van der Waals surface area contributed by atoms with Gasteiger partial charge in [0.2, 0.25) is 11.7 Å². The number of hydrogen-bond acceptors (Lipinski definition) is 6. The number of nitrogens with one attached hydrogen (secondary N) is 1. The Morgan fingerprint density at radius 1 is 1.07 bits per heavy atom. The highest BCUT2D eigenvalue weighted by molar-refractivity contribution is 5.91. The number of fused-ring (bicyclic) bond motifs is 3. The molecule has 0 spiro atoms. The fourth-order valence-electron chi connectivity index (χ4n) is 3.89. The molecule has 9 nitrogen and oxygen atoms in total. The van der Waals surface area contributed by atoms with Crippen molar-refractivity contribution in [2.75, 3.05) is 26.6 Å². The van der Waals surface area contributed by atoms with Crippen LogP contribution in [0.25, 0.3) is 5.52 Å². The van der Waals surface area contributed by atoms with Gasteiger partial charge in [0.1, 0.15) is 12.1 Å². The molecule has 0 saturated heterocycles. The number of carbonyl (C=O) groups is 1. The van der Waals surface area contributed by atoms with Crippen molar-refractivity contribution in [3.63, 3.8) is 0 Å². The lowest BCUT2D eigenvalue weighted by atomic mass is 9.97. The number of aryl methyl sites for hydroxylation is 2. The van der Waals surface area contributed by atoms with Gasteiger partial charge in [-0.15, -0.1) is 0 Å². The average Bonchev–Trinajstić information content (AvgIpc) is 3.14. The van der Waals surface area contributed by atoms with Crippen molar-refractivity contribution in [1.29, 1.82) is 0 Å². The molecule has 30 heavy (non-hydrogen) atoms. The lowest BCUT2D eigenvalue weighted by molar-refractivity contribution is -0.116. The maximum absolute atomic E-state index is 13.0. The maximum atomic E-state index is 13.0. The molecule has 9 heteroatoms. The SMILES string of the molecule is COc1cc(NC(=O)Cn2ccn3nc4c(c3c2=O)CCCC4)cc(OC)c1OC. The van der Waals surface area contributed by atoms with Crippen LogP contribution in [-0.2, 0) is 24.2 Å². The van der Waals surface area contributed by atoms with Gasteiger partial charge in [0.15, 0.2) is 11.5 Å². The fraction of sp³-hybridized carbons (Fsp3) is 0.381. The number of nitrogens with zero attached hydrogens (tertiary/aromatic N) is 3. The van der Waals surface area contributed by atoms with E-state index in [-0.39, 0.29) is 18.0 Å². The predicted octanol–water partition coefficient (Wildman–Crippen LogP) is 2.04. The lowest BCUT2D eigenvalue weighted by Crippen LogP contribution is -2.28. The molecule has 1 aromatic carbocycles. The first-order chi connectivity index (χ1) is 14.5. The zero-order valence-corrected chi connectivity index (χ0v) is 17.2. The number of amides is 1. The summed E-state index contributed by atoms with van der Waals surface area (Å²) >= 11 is 0. The number of carbonyl (C=O) groups excluding carboxylic acids is 1. The van der Waals surface area contributed by atoms with Crippen molar-refractivity contribution < 1.29 is 19.0 Å². The molecular formula is C21H24N4O5. The van der Waals surface area contributed by atoms with Crippen molar-refractivity contribution >= 4 is 17.1 Å². The molecule has 0 bridgehead atoms. The normalized spacial score (nSPS) is 13.0. The van der Waals surface area contributed by atoms with Gasteiger partial charge in [0, 0.05) is 35.8 Å². The summed E-state index contributed by atoms with van der Waals surface area (Å²) in [6, 6.07) is 3.27. The third kappa shape index (κ3) is 3.47. The van der Waals surface area contributed by atoms with Gasteiger partial charge >= 0.3 is 0 Å². The Morgan fingerprint density at radius 3 is 2.43 bits per heavy atom. The van der Waals surface area contributed by atoms with Gasteiger partial charge in [-0.05, 0) is 25.7 Å². The first kappa shape index (κ1) is 19.8. The zero-order chi connectivity index (χ0) is 21.3. The van der Waals surface area contributed by atoms with Crippen LogP contribution in [0.3, 0.4) is 0 Å². The standard InChI is InChI=1S/C21H24N4O5/c1-28-16-10-13(11-17(29-2)20(16)30-3)22-18(26)12-24-8-9-25-19(21(24)27)14-6-4-5-7-15(14)23-25/h8-11H,4-7,12H2,1-3H3,(H,22,26). The number of methoxy groups -OCH3 is 3. The summed E-state index contributed by atoms with van der Waals surface area (Å²) in [6.45, 7) is -0.119. The van der Waals surface area contributed by atoms with E-state index in [0.29, 0.717) is 28.5 Å². The van der Waals surface area contributed by atoms with Crippen molar-refractivity contribution in [1.82, 2.24) is 14.2 Å². The molecule has 0 aliphatic heterocycles. The third-order valence-corrected chi connectivity index (χ3v) is 5.30. The topological polar surface area (TPSA) is 96.1 Å². The van der Waals surface area contributed by atoms with Crippen molar-refractivity contribution in [3.8, 4) is 17.2 Å².